The van der Waals surface area contributed by atoms with E-state index in [9.17, 15) is 14.7 Å². The molecule has 1 aromatic heterocycles. The van der Waals surface area contributed by atoms with E-state index in [-0.39, 0.29) is 16.7 Å². The lowest BCUT2D eigenvalue weighted by Gasteiger charge is -2.19. The molecule has 0 aliphatic heterocycles. The lowest BCUT2D eigenvalue weighted by atomic mass is 9.86. The summed E-state index contributed by atoms with van der Waals surface area (Å²) in [6.07, 6.45) is 4.35. The zero-order valence-electron chi connectivity index (χ0n) is 25.7. The highest BCUT2D eigenvalue weighted by atomic mass is 16.6. The van der Waals surface area contributed by atoms with Gasteiger partial charge in [0.25, 0.3) is 5.91 Å². The number of ether oxygens (including phenoxy) is 1. The number of hydrogen-bond acceptors (Lipinski definition) is 5. The molecule has 8 nitrogen and oxygen atoms in total. The van der Waals surface area contributed by atoms with Crippen LogP contribution in [0.25, 0.3) is 10.9 Å². The van der Waals surface area contributed by atoms with Crippen LogP contribution in [0, 0.1) is 0 Å². The number of fused-ring (bicyclic) bond motifs is 1. The first-order valence-corrected chi connectivity index (χ1v) is 14.9. The van der Waals surface area contributed by atoms with E-state index in [2.05, 4.69) is 66.3 Å². The van der Waals surface area contributed by atoms with Gasteiger partial charge in [0.05, 0.1) is 24.1 Å². The van der Waals surface area contributed by atoms with Crippen LogP contribution in [0.15, 0.2) is 108 Å². The van der Waals surface area contributed by atoms with Gasteiger partial charge in [-0.3, -0.25) is 4.79 Å². The van der Waals surface area contributed by atoms with Crippen LogP contribution in [-0.2, 0) is 16.8 Å². The highest BCUT2D eigenvalue weighted by Crippen LogP contribution is 2.26. The minimum Gasteiger partial charge on any atom is -0.493 e. The van der Waals surface area contributed by atoms with Crippen LogP contribution in [0.5, 0.6) is 5.75 Å². The van der Waals surface area contributed by atoms with E-state index in [0.29, 0.717) is 30.9 Å². The number of aromatic nitrogens is 1. The van der Waals surface area contributed by atoms with Crippen LogP contribution in [0.4, 0.5) is 5.69 Å². The van der Waals surface area contributed by atoms with Crippen molar-refractivity contribution in [2.75, 3.05) is 18.5 Å². The number of carboxylic acids is 1. The molecule has 230 valence electrons. The Morgan fingerprint density at radius 1 is 0.911 bits per heavy atom. The number of oxime groups is 1. The van der Waals surface area contributed by atoms with E-state index in [0.717, 1.165) is 28.6 Å². The SMILES string of the molecule is CC(C)(C)c1ccc(C(=O)Nc2cc(OCCCO/N=C/c3cn(Cc4ccccc4)c4ccccc34)ccc2C(=O)O)cc1. The summed E-state index contributed by atoms with van der Waals surface area (Å²) in [6.45, 7) is 7.71. The van der Waals surface area contributed by atoms with Gasteiger partial charge in [-0.05, 0) is 46.9 Å². The van der Waals surface area contributed by atoms with Crippen molar-refractivity contribution in [3.8, 4) is 5.75 Å². The van der Waals surface area contributed by atoms with E-state index in [4.69, 9.17) is 9.57 Å². The summed E-state index contributed by atoms with van der Waals surface area (Å²) < 4.78 is 8.03. The van der Waals surface area contributed by atoms with Crippen molar-refractivity contribution in [3.05, 3.63) is 131 Å². The predicted molar refractivity (Wildman–Crippen MR) is 178 cm³/mol. The van der Waals surface area contributed by atoms with Gasteiger partial charge in [-0.25, -0.2) is 4.79 Å². The normalized spacial score (nSPS) is 11.5. The van der Waals surface area contributed by atoms with Crippen LogP contribution in [0.1, 0.15) is 64.6 Å². The van der Waals surface area contributed by atoms with Crippen LogP contribution in [0.2, 0.25) is 0 Å². The van der Waals surface area contributed by atoms with Crippen molar-refractivity contribution in [1.29, 1.82) is 0 Å². The molecule has 0 spiro atoms. The maximum absolute atomic E-state index is 12.9. The number of carbonyl (C=O) groups is 2. The molecular weight excluding hydrogens is 566 g/mol. The molecule has 0 aliphatic carbocycles. The van der Waals surface area contributed by atoms with E-state index < -0.39 is 11.9 Å². The standard InChI is InChI=1S/C37H37N3O5/c1-37(2,3)29-16-14-27(15-17-29)35(41)39-33-22-30(18-19-32(33)36(42)43)44-20-9-21-45-38-23-28-25-40(24-26-10-5-4-6-11-26)34-13-8-7-12-31(28)34/h4-8,10-19,22-23,25H,9,20-21,24H2,1-3H3,(H,39,41)(H,42,43)/b38-23+. The van der Waals surface area contributed by atoms with E-state index in [1.54, 1.807) is 24.4 Å². The fourth-order valence-electron chi connectivity index (χ4n) is 4.97. The van der Waals surface area contributed by atoms with Crippen molar-refractivity contribution < 1.29 is 24.3 Å². The Kier molecular flexibility index (Phi) is 9.63. The van der Waals surface area contributed by atoms with Gasteiger partial charge in [-0.1, -0.05) is 86.6 Å². The fourth-order valence-corrected chi connectivity index (χ4v) is 4.97. The zero-order chi connectivity index (χ0) is 31.8. The second kappa shape index (κ2) is 13.9. The molecule has 0 saturated carbocycles. The highest BCUT2D eigenvalue weighted by molar-refractivity contribution is 6.08. The summed E-state index contributed by atoms with van der Waals surface area (Å²) in [4.78, 5) is 30.2. The third-order valence-corrected chi connectivity index (χ3v) is 7.41. The molecule has 45 heavy (non-hydrogen) atoms. The number of carboxylic acid groups (broad SMARTS) is 1. The van der Waals surface area contributed by atoms with E-state index in [1.807, 2.05) is 42.5 Å². The molecule has 1 heterocycles. The molecule has 8 heteroatoms. The molecule has 4 aromatic carbocycles. The number of para-hydroxylation sites is 1. The Bertz CT molecular complexity index is 1800. The first kappa shape index (κ1) is 31.1. The Morgan fingerprint density at radius 2 is 1.64 bits per heavy atom. The summed E-state index contributed by atoms with van der Waals surface area (Å²) in [7, 11) is 0. The largest absolute Gasteiger partial charge is 0.493 e. The molecule has 0 unspecified atom stereocenters. The van der Waals surface area contributed by atoms with Gasteiger partial charge in [0.2, 0.25) is 0 Å². The van der Waals surface area contributed by atoms with Gasteiger partial charge in [-0.2, -0.15) is 0 Å². The van der Waals surface area contributed by atoms with E-state index in [1.165, 1.54) is 17.7 Å². The number of nitrogens with zero attached hydrogens (tertiary/aromatic N) is 2. The number of anilines is 1. The Balaban J connectivity index is 1.14. The molecular formula is C37H37N3O5. The molecule has 2 N–H and O–H groups in total. The molecule has 5 rings (SSSR count). The topological polar surface area (TPSA) is 102 Å². The minimum atomic E-state index is -1.14. The van der Waals surface area contributed by atoms with Crippen molar-refractivity contribution in [2.45, 2.75) is 39.2 Å². The van der Waals surface area contributed by atoms with Gasteiger partial charge >= 0.3 is 5.97 Å². The number of aromatic carboxylic acids is 1. The number of rotatable bonds is 12. The molecule has 0 fully saturated rings. The van der Waals surface area contributed by atoms with Crippen LogP contribution >= 0.6 is 0 Å². The third kappa shape index (κ3) is 7.97. The van der Waals surface area contributed by atoms with Gasteiger partial charge in [0, 0.05) is 47.3 Å². The molecule has 0 aliphatic rings. The summed E-state index contributed by atoms with van der Waals surface area (Å²) in [6, 6.07) is 30.3. The molecule has 1 amide bonds. The summed E-state index contributed by atoms with van der Waals surface area (Å²) in [5, 5.41) is 17.6. The van der Waals surface area contributed by atoms with Crippen LogP contribution < -0.4 is 10.1 Å². The lowest BCUT2D eigenvalue weighted by molar-refractivity contribution is 0.0698. The Morgan fingerprint density at radius 3 is 2.38 bits per heavy atom. The monoisotopic (exact) mass is 603 g/mol. The smallest absolute Gasteiger partial charge is 0.337 e. The Labute approximate surface area is 262 Å². The molecule has 0 bridgehead atoms. The lowest BCUT2D eigenvalue weighted by Crippen LogP contribution is -2.16. The molecule has 0 atom stereocenters. The van der Waals surface area contributed by atoms with Crippen molar-refractivity contribution >= 4 is 34.7 Å². The summed E-state index contributed by atoms with van der Waals surface area (Å²) in [5.74, 6) is -1.10. The van der Waals surface area contributed by atoms with Crippen LogP contribution in [0.3, 0.4) is 0 Å². The van der Waals surface area contributed by atoms with Crippen molar-refractivity contribution in [2.24, 2.45) is 5.16 Å². The van der Waals surface area contributed by atoms with Crippen molar-refractivity contribution in [1.82, 2.24) is 4.57 Å². The van der Waals surface area contributed by atoms with Gasteiger partial charge in [0.15, 0.2) is 0 Å². The number of carbonyl (C=O) groups excluding carboxylic acids is 1. The Hall–Kier alpha value is -5.37. The number of hydrogen-bond donors (Lipinski definition) is 2. The van der Waals surface area contributed by atoms with Gasteiger partial charge in [0.1, 0.15) is 12.4 Å². The van der Waals surface area contributed by atoms with Gasteiger partial charge in [-0.15, -0.1) is 0 Å². The second-order valence-corrected chi connectivity index (χ2v) is 11.8. The predicted octanol–water partition coefficient (Wildman–Crippen LogP) is 7.76. The summed E-state index contributed by atoms with van der Waals surface area (Å²) in [5.41, 5.74) is 4.94. The fraction of sp³-hybridized carbons (Fsp3) is 0.216. The first-order chi connectivity index (χ1) is 21.7. The van der Waals surface area contributed by atoms with Crippen molar-refractivity contribution in [3.63, 3.8) is 0 Å². The molecule has 5 aromatic rings. The first-order valence-electron chi connectivity index (χ1n) is 14.9. The second-order valence-electron chi connectivity index (χ2n) is 11.8. The molecule has 0 radical (unpaired) electrons. The van der Waals surface area contributed by atoms with E-state index >= 15 is 0 Å². The third-order valence-electron chi connectivity index (χ3n) is 7.41. The van der Waals surface area contributed by atoms with Gasteiger partial charge < -0.3 is 24.6 Å². The maximum atomic E-state index is 12.9. The molecule has 0 saturated heterocycles. The zero-order valence-corrected chi connectivity index (χ0v) is 25.7. The average Bonchev–Trinajstić information content (AvgIpc) is 3.37. The maximum Gasteiger partial charge on any atom is 0.337 e. The number of amides is 1. The minimum absolute atomic E-state index is 0.0233. The quantitative estimate of drug-likeness (QED) is 0.0862. The van der Waals surface area contributed by atoms with Crippen LogP contribution in [-0.4, -0.2) is 41.0 Å². The number of nitrogens with one attached hydrogen (secondary N) is 1. The number of benzene rings is 4. The highest BCUT2D eigenvalue weighted by Gasteiger charge is 2.17. The average molecular weight is 604 g/mol. The summed E-state index contributed by atoms with van der Waals surface area (Å²) >= 11 is 0.